The van der Waals surface area contributed by atoms with Gasteiger partial charge in [-0.15, -0.1) is 0 Å². The Morgan fingerprint density at radius 3 is 2.50 bits per heavy atom. The van der Waals surface area contributed by atoms with Gasteiger partial charge in [0.05, 0.1) is 10.9 Å². The molecule has 1 heterocycles. The first-order valence-corrected chi connectivity index (χ1v) is 8.25. The quantitative estimate of drug-likeness (QED) is 0.609. The van der Waals surface area contributed by atoms with Crippen LogP contribution in [0.5, 0.6) is 0 Å². The number of nitrogens with zero attached hydrogens (tertiary/aromatic N) is 1. The van der Waals surface area contributed by atoms with Crippen molar-refractivity contribution in [3.8, 4) is 0 Å². The maximum Gasteiger partial charge on any atom is 0.269 e. The average Bonchev–Trinajstić information content (AvgIpc) is 2.67. The molecule has 0 aliphatic rings. The lowest BCUT2D eigenvalue weighted by atomic mass is 10.2. The largest absolute Gasteiger partial charge is 0.310 e. The lowest BCUT2D eigenvalue weighted by Crippen LogP contribution is -2.41. The molecule has 0 fully saturated rings. The molecule has 0 aliphatic carbocycles. The van der Waals surface area contributed by atoms with E-state index >= 15 is 0 Å². The lowest BCUT2D eigenvalue weighted by Gasteiger charge is -2.07. The zero-order valence-corrected chi connectivity index (χ0v) is 14.0. The predicted molar refractivity (Wildman–Crippen MR) is 97.4 cm³/mol. The van der Waals surface area contributed by atoms with Crippen molar-refractivity contribution in [3.63, 3.8) is 0 Å². The zero-order valence-electron chi connectivity index (χ0n) is 14.0. The SMILES string of the molecule is O=C(CCCc1nc2ccccc2c(=O)[nH]1)NNC(=O)c1ccccc1. The first kappa shape index (κ1) is 17.3. The van der Waals surface area contributed by atoms with Gasteiger partial charge in [-0.3, -0.25) is 25.2 Å². The number of carbonyl (C=O) groups is 2. The number of carbonyl (C=O) groups excluding carboxylic acids is 2. The monoisotopic (exact) mass is 350 g/mol. The first-order chi connectivity index (χ1) is 12.6. The molecule has 0 saturated carbocycles. The van der Waals surface area contributed by atoms with Gasteiger partial charge in [0.2, 0.25) is 5.91 Å². The fraction of sp³-hybridized carbons (Fsp3) is 0.158. The summed E-state index contributed by atoms with van der Waals surface area (Å²) in [5.41, 5.74) is 5.65. The van der Waals surface area contributed by atoms with Crippen LogP contribution in [0.15, 0.2) is 59.4 Å². The maximum absolute atomic E-state index is 12.0. The average molecular weight is 350 g/mol. The van der Waals surface area contributed by atoms with Crippen LogP contribution in [-0.2, 0) is 11.2 Å². The highest BCUT2D eigenvalue weighted by Crippen LogP contribution is 2.07. The number of para-hydroxylation sites is 1. The number of fused-ring (bicyclic) bond motifs is 1. The van der Waals surface area contributed by atoms with Gasteiger partial charge in [0.1, 0.15) is 5.82 Å². The van der Waals surface area contributed by atoms with Crippen LogP contribution in [0, 0.1) is 0 Å². The third-order valence-corrected chi connectivity index (χ3v) is 3.83. The molecule has 3 rings (SSSR count). The Morgan fingerprint density at radius 1 is 0.962 bits per heavy atom. The number of hydrogen-bond acceptors (Lipinski definition) is 4. The van der Waals surface area contributed by atoms with Crippen molar-refractivity contribution >= 4 is 22.7 Å². The smallest absolute Gasteiger partial charge is 0.269 e. The Morgan fingerprint density at radius 2 is 1.69 bits per heavy atom. The van der Waals surface area contributed by atoms with E-state index in [-0.39, 0.29) is 23.8 Å². The Kier molecular flexibility index (Phi) is 5.38. The number of nitrogens with one attached hydrogen (secondary N) is 3. The number of hydrazine groups is 1. The molecule has 0 aliphatic heterocycles. The third kappa shape index (κ3) is 4.32. The molecule has 7 nitrogen and oxygen atoms in total. The van der Waals surface area contributed by atoms with E-state index < -0.39 is 0 Å². The summed E-state index contributed by atoms with van der Waals surface area (Å²) in [5, 5.41) is 0.539. The summed E-state index contributed by atoms with van der Waals surface area (Å²) in [7, 11) is 0. The van der Waals surface area contributed by atoms with Gasteiger partial charge in [-0.25, -0.2) is 4.98 Å². The molecular weight excluding hydrogens is 332 g/mol. The highest BCUT2D eigenvalue weighted by molar-refractivity contribution is 5.95. The van der Waals surface area contributed by atoms with Gasteiger partial charge in [0.25, 0.3) is 11.5 Å². The number of rotatable bonds is 5. The molecule has 3 aromatic rings. The van der Waals surface area contributed by atoms with Crippen LogP contribution >= 0.6 is 0 Å². The van der Waals surface area contributed by atoms with Gasteiger partial charge < -0.3 is 4.98 Å². The predicted octanol–water partition coefficient (Wildman–Crippen LogP) is 1.71. The summed E-state index contributed by atoms with van der Waals surface area (Å²) >= 11 is 0. The second kappa shape index (κ2) is 8.06. The first-order valence-electron chi connectivity index (χ1n) is 8.25. The highest BCUT2D eigenvalue weighted by atomic mass is 16.2. The molecule has 1 aromatic heterocycles. The van der Waals surface area contributed by atoms with E-state index in [9.17, 15) is 14.4 Å². The third-order valence-electron chi connectivity index (χ3n) is 3.83. The van der Waals surface area contributed by atoms with E-state index in [1.807, 2.05) is 6.07 Å². The summed E-state index contributed by atoms with van der Waals surface area (Å²) in [6.45, 7) is 0. The lowest BCUT2D eigenvalue weighted by molar-refractivity contribution is -0.121. The molecule has 26 heavy (non-hydrogen) atoms. The van der Waals surface area contributed by atoms with E-state index in [0.29, 0.717) is 35.1 Å². The van der Waals surface area contributed by atoms with Gasteiger partial charge in [-0.05, 0) is 30.7 Å². The number of aromatic nitrogens is 2. The van der Waals surface area contributed by atoms with Crippen molar-refractivity contribution in [2.24, 2.45) is 0 Å². The minimum Gasteiger partial charge on any atom is -0.310 e. The summed E-state index contributed by atoms with van der Waals surface area (Å²) in [6.07, 6.45) is 1.15. The molecule has 132 valence electrons. The van der Waals surface area contributed by atoms with E-state index in [0.717, 1.165) is 0 Å². The van der Waals surface area contributed by atoms with Crippen molar-refractivity contribution in [2.45, 2.75) is 19.3 Å². The van der Waals surface area contributed by atoms with Crippen molar-refractivity contribution in [2.75, 3.05) is 0 Å². The summed E-state index contributed by atoms with van der Waals surface area (Å²) < 4.78 is 0. The molecule has 0 saturated heterocycles. The van der Waals surface area contributed by atoms with Gasteiger partial charge in [-0.1, -0.05) is 30.3 Å². The van der Waals surface area contributed by atoms with Crippen LogP contribution in [0.3, 0.4) is 0 Å². The zero-order chi connectivity index (χ0) is 18.4. The molecular formula is C19H18N4O3. The number of amides is 2. The Hall–Kier alpha value is -3.48. The minimum atomic E-state index is -0.375. The molecule has 0 unspecified atom stereocenters. The second-order valence-corrected chi connectivity index (χ2v) is 5.75. The fourth-order valence-corrected chi connectivity index (χ4v) is 2.52. The highest BCUT2D eigenvalue weighted by Gasteiger charge is 2.08. The van der Waals surface area contributed by atoms with Crippen LogP contribution in [0.2, 0.25) is 0 Å². The number of aromatic amines is 1. The molecule has 3 N–H and O–H groups in total. The molecule has 0 atom stereocenters. The van der Waals surface area contributed by atoms with Crippen molar-refractivity contribution in [3.05, 3.63) is 76.3 Å². The van der Waals surface area contributed by atoms with Crippen molar-refractivity contribution in [1.82, 2.24) is 20.8 Å². The summed E-state index contributed by atoms with van der Waals surface area (Å²) in [6, 6.07) is 15.7. The van der Waals surface area contributed by atoms with Gasteiger partial charge in [-0.2, -0.15) is 0 Å². The summed E-state index contributed by atoms with van der Waals surface area (Å²) in [4.78, 5) is 42.8. The van der Waals surface area contributed by atoms with Gasteiger partial charge >= 0.3 is 0 Å². The summed E-state index contributed by atoms with van der Waals surface area (Å²) in [5.74, 6) is -0.147. The van der Waals surface area contributed by atoms with Crippen molar-refractivity contribution < 1.29 is 9.59 Å². The number of benzene rings is 2. The van der Waals surface area contributed by atoms with Crippen molar-refractivity contribution in [1.29, 1.82) is 0 Å². The Labute approximate surface area is 149 Å². The van der Waals surface area contributed by atoms with E-state index in [1.165, 1.54) is 0 Å². The number of aryl methyl sites for hydroxylation is 1. The fourth-order valence-electron chi connectivity index (χ4n) is 2.52. The van der Waals surface area contributed by atoms with Crippen LogP contribution < -0.4 is 16.4 Å². The molecule has 0 spiro atoms. The number of hydrogen-bond donors (Lipinski definition) is 3. The van der Waals surface area contributed by atoms with Gasteiger partial charge in [0, 0.05) is 18.4 Å². The molecule has 0 radical (unpaired) electrons. The molecule has 7 heteroatoms. The Balaban J connectivity index is 1.48. The molecule has 0 bridgehead atoms. The second-order valence-electron chi connectivity index (χ2n) is 5.75. The van der Waals surface area contributed by atoms with E-state index in [4.69, 9.17) is 0 Å². The van der Waals surface area contributed by atoms with E-state index in [1.54, 1.807) is 48.5 Å². The normalized spacial score (nSPS) is 10.5. The molecule has 2 amide bonds. The maximum atomic E-state index is 12.0. The topological polar surface area (TPSA) is 104 Å². The molecule has 2 aromatic carbocycles. The van der Waals surface area contributed by atoms with Gasteiger partial charge in [0.15, 0.2) is 0 Å². The minimum absolute atomic E-state index is 0.190. The van der Waals surface area contributed by atoms with E-state index in [2.05, 4.69) is 20.8 Å². The standard InChI is InChI=1S/C19H18N4O3/c24-17(22-23-18(25)13-7-2-1-3-8-13)12-6-11-16-20-15-10-5-4-9-14(15)19(26)21-16/h1-5,7-10H,6,11-12H2,(H,22,24)(H,23,25)(H,20,21,26). The Bertz CT molecular complexity index is 983. The van der Waals surface area contributed by atoms with Crippen LogP contribution in [0.4, 0.5) is 0 Å². The van der Waals surface area contributed by atoms with Crippen LogP contribution in [0.25, 0.3) is 10.9 Å². The number of H-pyrrole nitrogens is 1. The van der Waals surface area contributed by atoms with Crippen LogP contribution in [0.1, 0.15) is 29.0 Å². The van der Waals surface area contributed by atoms with Crippen LogP contribution in [-0.4, -0.2) is 21.8 Å².